The van der Waals surface area contributed by atoms with E-state index in [-0.39, 0.29) is 12.1 Å². The lowest BCUT2D eigenvalue weighted by Gasteiger charge is -2.25. The molecule has 3 rings (SSSR count). The number of carbonyl (C=O) groups is 1. The van der Waals surface area contributed by atoms with E-state index < -0.39 is 28.6 Å². The Kier molecular flexibility index (Phi) is 5.76. The third-order valence-electron chi connectivity index (χ3n) is 4.79. The van der Waals surface area contributed by atoms with E-state index in [1.165, 1.54) is 13.0 Å². The maximum absolute atomic E-state index is 14.1. The van der Waals surface area contributed by atoms with Gasteiger partial charge >= 0.3 is 0 Å². The lowest BCUT2D eigenvalue weighted by molar-refractivity contribution is 0.0494. The number of rotatable bonds is 5. The van der Waals surface area contributed by atoms with Gasteiger partial charge in [0.1, 0.15) is 17.2 Å². The third-order valence-corrected chi connectivity index (χ3v) is 4.79. The summed E-state index contributed by atoms with van der Waals surface area (Å²) in [6.07, 6.45) is 1.64. The van der Waals surface area contributed by atoms with Crippen molar-refractivity contribution in [1.82, 2.24) is 15.1 Å². The summed E-state index contributed by atoms with van der Waals surface area (Å²) < 4.78 is 28.9. The fourth-order valence-electron chi connectivity index (χ4n) is 3.18. The highest BCUT2D eigenvalue weighted by Gasteiger charge is 2.30. The summed E-state index contributed by atoms with van der Waals surface area (Å²) in [4.78, 5) is 12.9. The first-order valence-electron chi connectivity index (χ1n) is 9.61. The summed E-state index contributed by atoms with van der Waals surface area (Å²) in [5, 5.41) is 17.9. The van der Waals surface area contributed by atoms with Crippen molar-refractivity contribution < 1.29 is 18.7 Å². The second-order valence-electron chi connectivity index (χ2n) is 8.50. The molecule has 2 aromatic carbocycles. The molecule has 0 fully saturated rings. The molecular weight excluding hydrogens is 388 g/mol. The number of benzene rings is 2. The smallest absolute Gasteiger partial charge is 0.254 e. The zero-order chi connectivity index (χ0) is 22.1. The molecule has 0 aliphatic rings. The van der Waals surface area contributed by atoms with E-state index in [2.05, 4.69) is 10.4 Å². The minimum absolute atomic E-state index is 0.0970. The van der Waals surface area contributed by atoms with Crippen LogP contribution in [0.25, 0.3) is 5.69 Å². The lowest BCUT2D eigenvalue weighted by atomic mass is 9.89. The number of nitrogens with one attached hydrogen (secondary N) is 1. The molecule has 1 heterocycles. The van der Waals surface area contributed by atoms with Crippen LogP contribution in [0.15, 0.2) is 54.7 Å². The Hall–Kier alpha value is -3.06. The van der Waals surface area contributed by atoms with Gasteiger partial charge in [-0.15, -0.1) is 0 Å². The molecule has 1 atom stereocenters. The van der Waals surface area contributed by atoms with Crippen LogP contribution in [0, 0.1) is 11.6 Å². The van der Waals surface area contributed by atoms with E-state index in [4.69, 9.17) is 0 Å². The highest BCUT2D eigenvalue weighted by Crippen LogP contribution is 2.27. The molecule has 158 valence electrons. The predicted octanol–water partition coefficient (Wildman–Crippen LogP) is 4.09. The van der Waals surface area contributed by atoms with Crippen molar-refractivity contribution in [1.29, 1.82) is 0 Å². The van der Waals surface area contributed by atoms with Gasteiger partial charge in [0.05, 0.1) is 23.5 Å². The summed E-state index contributed by atoms with van der Waals surface area (Å²) >= 11 is 0. The number of aliphatic hydroxyl groups is 1. The number of aromatic nitrogens is 2. The van der Waals surface area contributed by atoms with Crippen LogP contribution in [0.3, 0.4) is 0 Å². The van der Waals surface area contributed by atoms with Gasteiger partial charge in [-0.05, 0) is 25.1 Å². The van der Waals surface area contributed by atoms with Gasteiger partial charge in [-0.3, -0.25) is 4.79 Å². The SMILES string of the molecule is CC(C)(C)c1nn(-c2ccccc2)cc1C(=O)NCC(C)(O)c1ccc(F)cc1F. The average molecular weight is 413 g/mol. The molecule has 2 N–H and O–H groups in total. The number of hydrogen-bond donors (Lipinski definition) is 2. The molecule has 5 nitrogen and oxygen atoms in total. The highest BCUT2D eigenvalue weighted by molar-refractivity contribution is 5.95. The predicted molar refractivity (Wildman–Crippen MR) is 111 cm³/mol. The standard InChI is InChI=1S/C23H25F2N3O2/c1-22(2,3)20-17(13-28(27-20)16-8-6-5-7-9-16)21(29)26-14-23(4,30)18-11-10-15(24)12-19(18)25/h5-13,30H,14H2,1-4H3,(H,26,29). The molecule has 0 aliphatic heterocycles. The topological polar surface area (TPSA) is 67.2 Å². The van der Waals surface area contributed by atoms with E-state index in [9.17, 15) is 18.7 Å². The first-order chi connectivity index (χ1) is 14.0. The van der Waals surface area contributed by atoms with Gasteiger partial charge in [0.2, 0.25) is 0 Å². The minimum atomic E-state index is -1.72. The summed E-state index contributed by atoms with van der Waals surface area (Å²) in [5.74, 6) is -2.05. The Balaban J connectivity index is 1.86. The molecule has 3 aromatic rings. The van der Waals surface area contributed by atoms with E-state index in [0.717, 1.165) is 11.8 Å². The van der Waals surface area contributed by atoms with E-state index in [0.29, 0.717) is 17.3 Å². The van der Waals surface area contributed by atoms with Crippen molar-refractivity contribution in [3.63, 3.8) is 0 Å². The monoisotopic (exact) mass is 413 g/mol. The average Bonchev–Trinajstić information content (AvgIpc) is 3.13. The number of amides is 1. The summed E-state index contributed by atoms with van der Waals surface area (Å²) in [6.45, 7) is 6.96. The Morgan fingerprint density at radius 3 is 2.37 bits per heavy atom. The number of nitrogens with zero attached hydrogens (tertiary/aromatic N) is 2. The van der Waals surface area contributed by atoms with E-state index >= 15 is 0 Å². The normalized spacial score (nSPS) is 13.7. The highest BCUT2D eigenvalue weighted by atomic mass is 19.1. The molecule has 0 radical (unpaired) electrons. The molecule has 30 heavy (non-hydrogen) atoms. The summed E-state index contributed by atoms with van der Waals surface area (Å²) in [7, 11) is 0. The van der Waals surface area contributed by atoms with Crippen molar-refractivity contribution in [3.05, 3.63) is 83.2 Å². The van der Waals surface area contributed by atoms with Crippen molar-refractivity contribution in [2.75, 3.05) is 6.54 Å². The zero-order valence-electron chi connectivity index (χ0n) is 17.4. The first kappa shape index (κ1) is 21.6. The minimum Gasteiger partial charge on any atom is -0.383 e. The fourth-order valence-corrected chi connectivity index (χ4v) is 3.18. The van der Waals surface area contributed by atoms with Crippen LogP contribution in [-0.2, 0) is 11.0 Å². The van der Waals surface area contributed by atoms with Crippen LogP contribution in [0.4, 0.5) is 8.78 Å². The van der Waals surface area contributed by atoms with Gasteiger partial charge in [0.25, 0.3) is 5.91 Å². The number of para-hydroxylation sites is 1. The maximum Gasteiger partial charge on any atom is 0.254 e. The molecule has 1 unspecified atom stereocenters. The quantitative estimate of drug-likeness (QED) is 0.662. The third kappa shape index (κ3) is 4.57. The van der Waals surface area contributed by atoms with Crippen LogP contribution < -0.4 is 5.32 Å². The molecule has 0 saturated heterocycles. The molecule has 7 heteroatoms. The van der Waals surface area contributed by atoms with Gasteiger partial charge in [-0.2, -0.15) is 5.10 Å². The van der Waals surface area contributed by atoms with Crippen molar-refractivity contribution in [3.8, 4) is 5.69 Å². The number of carbonyl (C=O) groups excluding carboxylic acids is 1. The molecule has 0 bridgehead atoms. The zero-order valence-corrected chi connectivity index (χ0v) is 17.4. The van der Waals surface area contributed by atoms with Crippen LogP contribution in [0.2, 0.25) is 0 Å². The fraction of sp³-hybridized carbons (Fsp3) is 0.304. The Morgan fingerprint density at radius 2 is 1.77 bits per heavy atom. The summed E-state index contributed by atoms with van der Waals surface area (Å²) in [5.41, 5.74) is -0.455. The Bertz CT molecular complexity index is 1050. The van der Waals surface area contributed by atoms with Crippen molar-refractivity contribution in [2.45, 2.75) is 38.7 Å². The van der Waals surface area contributed by atoms with Crippen LogP contribution in [0.1, 0.15) is 49.3 Å². The molecule has 0 saturated carbocycles. The Labute approximate surface area is 174 Å². The van der Waals surface area contributed by atoms with Crippen LogP contribution in [0.5, 0.6) is 0 Å². The molecule has 0 aliphatic carbocycles. The largest absolute Gasteiger partial charge is 0.383 e. The first-order valence-corrected chi connectivity index (χ1v) is 9.61. The molecule has 1 amide bonds. The van der Waals surface area contributed by atoms with Gasteiger partial charge in [0, 0.05) is 23.2 Å². The van der Waals surface area contributed by atoms with Gasteiger partial charge < -0.3 is 10.4 Å². The van der Waals surface area contributed by atoms with Gasteiger partial charge in [-0.25, -0.2) is 13.5 Å². The van der Waals surface area contributed by atoms with Crippen LogP contribution in [-0.4, -0.2) is 27.3 Å². The molecule has 0 spiro atoms. The second-order valence-corrected chi connectivity index (χ2v) is 8.50. The second kappa shape index (κ2) is 7.99. The van der Waals surface area contributed by atoms with E-state index in [1.54, 1.807) is 10.9 Å². The number of halogens is 2. The lowest BCUT2D eigenvalue weighted by Crippen LogP contribution is -2.39. The Morgan fingerprint density at radius 1 is 1.10 bits per heavy atom. The van der Waals surface area contributed by atoms with Gasteiger partial charge in [0.15, 0.2) is 0 Å². The van der Waals surface area contributed by atoms with Gasteiger partial charge in [-0.1, -0.05) is 45.0 Å². The summed E-state index contributed by atoms with van der Waals surface area (Å²) in [6, 6.07) is 12.3. The number of hydrogen-bond acceptors (Lipinski definition) is 3. The molecule has 1 aromatic heterocycles. The molecular formula is C23H25F2N3O2. The van der Waals surface area contributed by atoms with Crippen molar-refractivity contribution >= 4 is 5.91 Å². The van der Waals surface area contributed by atoms with Crippen LogP contribution >= 0.6 is 0 Å². The van der Waals surface area contributed by atoms with Crippen molar-refractivity contribution in [2.24, 2.45) is 0 Å². The maximum atomic E-state index is 14.1. The van der Waals surface area contributed by atoms with E-state index in [1.807, 2.05) is 51.1 Å².